The van der Waals surface area contributed by atoms with Crippen molar-refractivity contribution in [2.45, 2.75) is 12.8 Å². The molecule has 0 spiro atoms. The van der Waals surface area contributed by atoms with Gasteiger partial charge in [0.15, 0.2) is 5.82 Å². The van der Waals surface area contributed by atoms with E-state index >= 15 is 0 Å². The van der Waals surface area contributed by atoms with E-state index in [4.69, 9.17) is 9.26 Å². The number of nitrogens with zero attached hydrogens (tertiary/aromatic N) is 4. The van der Waals surface area contributed by atoms with Crippen LogP contribution in [0.15, 0.2) is 47.1 Å². The van der Waals surface area contributed by atoms with E-state index in [2.05, 4.69) is 25.3 Å². The third-order valence-electron chi connectivity index (χ3n) is 4.62. The molecular weight excluding hydrogens is 358 g/mol. The Morgan fingerprint density at radius 3 is 2.79 bits per heavy atom. The summed E-state index contributed by atoms with van der Waals surface area (Å²) >= 11 is 0. The molecular formula is C20H21N5O3. The molecule has 0 saturated carbocycles. The molecule has 28 heavy (non-hydrogen) atoms. The third-order valence-corrected chi connectivity index (χ3v) is 4.62. The molecule has 1 amide bonds. The molecule has 1 N–H and O–H groups in total. The number of anilines is 1. The van der Waals surface area contributed by atoms with E-state index in [1.165, 1.54) is 0 Å². The second-order valence-corrected chi connectivity index (χ2v) is 6.53. The van der Waals surface area contributed by atoms with Crippen LogP contribution in [-0.2, 0) is 11.2 Å². The Morgan fingerprint density at radius 1 is 1.18 bits per heavy atom. The van der Waals surface area contributed by atoms with E-state index < -0.39 is 0 Å². The number of methoxy groups -OCH3 is 1. The Kier molecular flexibility index (Phi) is 5.18. The molecule has 0 atom stereocenters. The Hall–Kier alpha value is -3.42. The number of hydrogen-bond donors (Lipinski definition) is 1. The molecule has 1 aliphatic rings. The number of ether oxygens (including phenoxy) is 1. The van der Waals surface area contributed by atoms with E-state index in [1.807, 2.05) is 36.4 Å². The smallest absolute Gasteiger partial charge is 0.259 e. The average Bonchev–Trinajstić information content (AvgIpc) is 3.08. The molecule has 8 heteroatoms. The van der Waals surface area contributed by atoms with Crippen LogP contribution < -0.4 is 15.0 Å². The first-order chi connectivity index (χ1) is 13.7. The summed E-state index contributed by atoms with van der Waals surface area (Å²) in [5.74, 6) is 2.78. The SMILES string of the molecule is COc1ccc(Cc2noc(-c3ccc(N4CCNC(=O)CC4)nc3)n2)cc1. The van der Waals surface area contributed by atoms with Gasteiger partial charge < -0.3 is 19.5 Å². The molecule has 0 aliphatic carbocycles. The predicted molar refractivity (Wildman–Crippen MR) is 103 cm³/mol. The van der Waals surface area contributed by atoms with Crippen molar-refractivity contribution in [3.05, 3.63) is 54.0 Å². The van der Waals surface area contributed by atoms with Crippen molar-refractivity contribution >= 4 is 11.7 Å². The number of hydrogen-bond acceptors (Lipinski definition) is 7. The van der Waals surface area contributed by atoms with Gasteiger partial charge in [0.1, 0.15) is 11.6 Å². The van der Waals surface area contributed by atoms with Gasteiger partial charge >= 0.3 is 0 Å². The fraction of sp³-hybridized carbons (Fsp3) is 0.300. The number of pyridine rings is 1. The van der Waals surface area contributed by atoms with Crippen LogP contribution in [0.25, 0.3) is 11.5 Å². The highest BCUT2D eigenvalue weighted by atomic mass is 16.5. The van der Waals surface area contributed by atoms with E-state index in [0.29, 0.717) is 37.6 Å². The maximum absolute atomic E-state index is 11.5. The lowest BCUT2D eigenvalue weighted by Crippen LogP contribution is -2.28. The van der Waals surface area contributed by atoms with Crippen LogP contribution in [0.4, 0.5) is 5.82 Å². The summed E-state index contributed by atoms with van der Waals surface area (Å²) in [6, 6.07) is 11.6. The number of rotatable bonds is 5. The van der Waals surface area contributed by atoms with Gasteiger partial charge in [-0.15, -0.1) is 0 Å². The maximum Gasteiger partial charge on any atom is 0.259 e. The minimum Gasteiger partial charge on any atom is -0.497 e. The van der Waals surface area contributed by atoms with Gasteiger partial charge in [-0.3, -0.25) is 4.79 Å². The van der Waals surface area contributed by atoms with Crippen LogP contribution in [0.1, 0.15) is 17.8 Å². The summed E-state index contributed by atoms with van der Waals surface area (Å²) in [5, 5.41) is 6.92. The van der Waals surface area contributed by atoms with Crippen molar-refractivity contribution < 1.29 is 14.1 Å². The van der Waals surface area contributed by atoms with E-state index in [9.17, 15) is 4.79 Å². The highest BCUT2D eigenvalue weighted by Crippen LogP contribution is 2.21. The van der Waals surface area contributed by atoms with E-state index in [1.54, 1.807) is 13.3 Å². The van der Waals surface area contributed by atoms with Crippen molar-refractivity contribution in [1.29, 1.82) is 0 Å². The molecule has 8 nitrogen and oxygen atoms in total. The number of carbonyl (C=O) groups is 1. The molecule has 0 radical (unpaired) electrons. The van der Waals surface area contributed by atoms with E-state index in [-0.39, 0.29) is 5.91 Å². The summed E-state index contributed by atoms with van der Waals surface area (Å²) in [6.07, 6.45) is 2.77. The minimum atomic E-state index is 0.0781. The summed E-state index contributed by atoms with van der Waals surface area (Å²) in [6.45, 7) is 2.02. The average molecular weight is 379 g/mol. The molecule has 144 valence electrons. The number of nitrogens with one attached hydrogen (secondary N) is 1. The van der Waals surface area contributed by atoms with Crippen LogP contribution in [0.2, 0.25) is 0 Å². The summed E-state index contributed by atoms with van der Waals surface area (Å²) in [4.78, 5) is 22.5. The second-order valence-electron chi connectivity index (χ2n) is 6.53. The second kappa shape index (κ2) is 8.08. The first-order valence-electron chi connectivity index (χ1n) is 9.15. The molecule has 0 bridgehead atoms. The Balaban J connectivity index is 1.43. The van der Waals surface area contributed by atoms with Crippen molar-refractivity contribution in [3.63, 3.8) is 0 Å². The zero-order chi connectivity index (χ0) is 19.3. The van der Waals surface area contributed by atoms with Gasteiger partial charge in [0.05, 0.1) is 12.7 Å². The lowest BCUT2D eigenvalue weighted by Gasteiger charge is -2.20. The molecule has 1 fully saturated rings. The highest BCUT2D eigenvalue weighted by molar-refractivity contribution is 5.77. The van der Waals surface area contributed by atoms with Crippen LogP contribution in [0, 0.1) is 0 Å². The molecule has 3 aromatic rings. The topological polar surface area (TPSA) is 93.4 Å². The fourth-order valence-electron chi connectivity index (χ4n) is 3.06. The molecule has 0 unspecified atom stereocenters. The molecule has 2 aromatic heterocycles. The lowest BCUT2D eigenvalue weighted by molar-refractivity contribution is -0.120. The highest BCUT2D eigenvalue weighted by Gasteiger charge is 2.16. The quantitative estimate of drug-likeness (QED) is 0.725. The summed E-state index contributed by atoms with van der Waals surface area (Å²) in [5.41, 5.74) is 1.84. The minimum absolute atomic E-state index is 0.0781. The normalized spacial score (nSPS) is 14.5. The van der Waals surface area contributed by atoms with Crippen molar-refractivity contribution in [3.8, 4) is 17.2 Å². The first-order valence-corrected chi connectivity index (χ1v) is 9.15. The maximum atomic E-state index is 11.5. The van der Waals surface area contributed by atoms with Gasteiger partial charge in [-0.25, -0.2) is 4.98 Å². The van der Waals surface area contributed by atoms with Crippen LogP contribution >= 0.6 is 0 Å². The number of carbonyl (C=O) groups excluding carboxylic acids is 1. The Bertz CT molecular complexity index is 937. The Labute approximate surface area is 162 Å². The molecule has 1 saturated heterocycles. The molecule has 4 rings (SSSR count). The fourth-order valence-corrected chi connectivity index (χ4v) is 3.06. The van der Waals surface area contributed by atoms with Crippen LogP contribution in [-0.4, -0.2) is 47.8 Å². The monoisotopic (exact) mass is 379 g/mol. The van der Waals surface area contributed by atoms with Crippen LogP contribution in [0.3, 0.4) is 0 Å². The summed E-state index contributed by atoms with van der Waals surface area (Å²) < 4.78 is 10.6. The number of aromatic nitrogens is 3. The Morgan fingerprint density at radius 2 is 2.04 bits per heavy atom. The lowest BCUT2D eigenvalue weighted by atomic mass is 10.1. The van der Waals surface area contributed by atoms with Gasteiger partial charge in [-0.1, -0.05) is 17.3 Å². The molecule has 1 aromatic carbocycles. The molecule has 3 heterocycles. The van der Waals surface area contributed by atoms with Gasteiger partial charge in [-0.05, 0) is 29.8 Å². The van der Waals surface area contributed by atoms with Gasteiger partial charge in [0.2, 0.25) is 5.91 Å². The first kappa shape index (κ1) is 18.0. The predicted octanol–water partition coefficient (Wildman–Crippen LogP) is 2.06. The van der Waals surface area contributed by atoms with Gasteiger partial charge in [-0.2, -0.15) is 4.98 Å². The third kappa shape index (κ3) is 4.11. The number of amides is 1. The van der Waals surface area contributed by atoms with Gasteiger partial charge in [0.25, 0.3) is 5.89 Å². The van der Waals surface area contributed by atoms with Crippen molar-refractivity contribution in [1.82, 2.24) is 20.4 Å². The largest absolute Gasteiger partial charge is 0.497 e. The van der Waals surface area contributed by atoms with Gasteiger partial charge in [0, 0.05) is 38.7 Å². The zero-order valence-electron chi connectivity index (χ0n) is 15.6. The standard InChI is InChI=1S/C20H21N5O3/c1-27-16-5-2-14(3-6-16)12-17-23-20(28-24-17)15-4-7-18(22-13-15)25-10-8-19(26)21-9-11-25/h2-7,13H,8-12H2,1H3,(H,21,26). The van der Waals surface area contributed by atoms with Crippen LogP contribution in [0.5, 0.6) is 5.75 Å². The van der Waals surface area contributed by atoms with Crippen molar-refractivity contribution in [2.24, 2.45) is 0 Å². The zero-order valence-corrected chi connectivity index (χ0v) is 15.6. The molecule has 1 aliphatic heterocycles. The summed E-state index contributed by atoms with van der Waals surface area (Å²) in [7, 11) is 1.64. The van der Waals surface area contributed by atoms with Crippen molar-refractivity contribution in [2.75, 3.05) is 31.6 Å². The number of benzene rings is 1. The van der Waals surface area contributed by atoms with E-state index in [0.717, 1.165) is 29.2 Å².